The van der Waals surface area contributed by atoms with E-state index < -0.39 is 0 Å². The summed E-state index contributed by atoms with van der Waals surface area (Å²) >= 11 is 1.69. The van der Waals surface area contributed by atoms with E-state index >= 15 is 0 Å². The van der Waals surface area contributed by atoms with Gasteiger partial charge in [0.05, 0.1) is 5.69 Å². The Bertz CT molecular complexity index is 662. The summed E-state index contributed by atoms with van der Waals surface area (Å²) in [6, 6.07) is 7.92. The summed E-state index contributed by atoms with van der Waals surface area (Å²) < 4.78 is 0. The molecule has 0 aliphatic rings. The molecule has 0 fully saturated rings. The van der Waals surface area contributed by atoms with E-state index in [1.54, 1.807) is 24.2 Å². The van der Waals surface area contributed by atoms with E-state index in [1.807, 2.05) is 30.5 Å². The van der Waals surface area contributed by atoms with Crippen LogP contribution in [-0.2, 0) is 0 Å². The molecule has 3 heterocycles. The van der Waals surface area contributed by atoms with Gasteiger partial charge in [-0.05, 0) is 30.5 Å². The Kier molecular flexibility index (Phi) is 2.53. The molecule has 0 radical (unpaired) electrons. The first kappa shape index (κ1) is 10.3. The van der Waals surface area contributed by atoms with Gasteiger partial charge in [0.15, 0.2) is 5.65 Å². The molecule has 0 aromatic carbocycles. The van der Waals surface area contributed by atoms with E-state index in [-0.39, 0.29) is 0 Å². The Morgan fingerprint density at radius 3 is 3.00 bits per heavy atom. The Morgan fingerprint density at radius 1 is 1.18 bits per heavy atom. The minimum Gasteiger partial charge on any atom is -0.260 e. The van der Waals surface area contributed by atoms with E-state index in [0.29, 0.717) is 0 Å². The van der Waals surface area contributed by atoms with Gasteiger partial charge >= 0.3 is 0 Å². The van der Waals surface area contributed by atoms with Crippen molar-refractivity contribution in [2.75, 3.05) is 6.26 Å². The highest BCUT2D eigenvalue weighted by molar-refractivity contribution is 7.98. The van der Waals surface area contributed by atoms with Crippen molar-refractivity contribution in [3.63, 3.8) is 0 Å². The van der Waals surface area contributed by atoms with Gasteiger partial charge in [0.2, 0.25) is 0 Å². The largest absolute Gasteiger partial charge is 0.260 e. The van der Waals surface area contributed by atoms with Crippen molar-refractivity contribution in [2.45, 2.75) is 4.90 Å². The molecule has 5 heteroatoms. The number of H-pyrrole nitrogens is 1. The molecular weight excluding hydrogens is 232 g/mol. The second-order valence-corrected chi connectivity index (χ2v) is 4.43. The molecule has 0 amide bonds. The average Bonchev–Trinajstić information content (AvgIpc) is 2.82. The Labute approximate surface area is 102 Å². The molecule has 0 saturated carbocycles. The number of nitrogens with one attached hydrogen (secondary N) is 1. The average molecular weight is 242 g/mol. The quantitative estimate of drug-likeness (QED) is 0.702. The van der Waals surface area contributed by atoms with Crippen LogP contribution < -0.4 is 0 Å². The number of aromatic nitrogens is 4. The van der Waals surface area contributed by atoms with Crippen LogP contribution in [-0.4, -0.2) is 26.4 Å². The van der Waals surface area contributed by atoms with Gasteiger partial charge in [0.1, 0.15) is 5.69 Å². The molecule has 1 N–H and O–H groups in total. The molecule has 3 aromatic heterocycles. The lowest BCUT2D eigenvalue weighted by Crippen LogP contribution is -1.84. The highest BCUT2D eigenvalue weighted by atomic mass is 32.2. The molecule has 0 atom stereocenters. The normalized spacial score (nSPS) is 10.9. The lowest BCUT2D eigenvalue weighted by Gasteiger charge is -1.99. The summed E-state index contributed by atoms with van der Waals surface area (Å²) in [5, 5.41) is 8.20. The molecule has 17 heavy (non-hydrogen) atoms. The van der Waals surface area contributed by atoms with Crippen LogP contribution >= 0.6 is 11.8 Å². The third kappa shape index (κ3) is 1.78. The first-order chi connectivity index (χ1) is 8.38. The maximum atomic E-state index is 4.36. The number of fused-ring (bicyclic) bond motifs is 1. The zero-order chi connectivity index (χ0) is 11.7. The minimum atomic E-state index is 0.791. The van der Waals surface area contributed by atoms with Crippen LogP contribution in [0.4, 0.5) is 0 Å². The summed E-state index contributed by atoms with van der Waals surface area (Å²) in [6.07, 6.45) is 5.59. The van der Waals surface area contributed by atoms with Crippen molar-refractivity contribution < 1.29 is 0 Å². The van der Waals surface area contributed by atoms with Gasteiger partial charge in [-0.2, -0.15) is 5.10 Å². The van der Waals surface area contributed by atoms with Crippen molar-refractivity contribution in [1.82, 2.24) is 20.2 Å². The van der Waals surface area contributed by atoms with Crippen LogP contribution in [0.15, 0.2) is 41.6 Å². The van der Waals surface area contributed by atoms with Crippen LogP contribution in [0, 0.1) is 0 Å². The highest BCUT2D eigenvalue weighted by Crippen LogP contribution is 2.25. The Morgan fingerprint density at radius 2 is 2.12 bits per heavy atom. The van der Waals surface area contributed by atoms with E-state index in [9.17, 15) is 0 Å². The number of hydrogen-bond donors (Lipinski definition) is 1. The maximum Gasteiger partial charge on any atom is 0.155 e. The van der Waals surface area contributed by atoms with Crippen LogP contribution in [0.2, 0.25) is 0 Å². The lowest BCUT2D eigenvalue weighted by molar-refractivity contribution is 1.09. The van der Waals surface area contributed by atoms with Crippen molar-refractivity contribution >= 4 is 22.8 Å². The Hall–Kier alpha value is -1.88. The van der Waals surface area contributed by atoms with Crippen molar-refractivity contribution in [3.8, 4) is 11.4 Å². The van der Waals surface area contributed by atoms with Crippen LogP contribution in [0.1, 0.15) is 0 Å². The predicted molar refractivity (Wildman–Crippen MR) is 68.9 cm³/mol. The van der Waals surface area contributed by atoms with Crippen molar-refractivity contribution in [1.29, 1.82) is 0 Å². The van der Waals surface area contributed by atoms with Gasteiger partial charge in [-0.25, -0.2) is 4.98 Å². The molecule has 3 aromatic rings. The first-order valence-corrected chi connectivity index (χ1v) is 6.40. The smallest absolute Gasteiger partial charge is 0.155 e. The van der Waals surface area contributed by atoms with Gasteiger partial charge in [-0.1, -0.05) is 0 Å². The number of nitrogens with zero attached hydrogens (tertiary/aromatic N) is 3. The molecule has 0 unspecified atom stereocenters. The summed E-state index contributed by atoms with van der Waals surface area (Å²) in [5.41, 5.74) is 2.51. The van der Waals surface area contributed by atoms with Gasteiger partial charge in [-0.15, -0.1) is 11.8 Å². The second-order valence-electron chi connectivity index (χ2n) is 3.55. The lowest BCUT2D eigenvalue weighted by atomic mass is 10.2. The fraction of sp³-hybridized carbons (Fsp3) is 0.0833. The van der Waals surface area contributed by atoms with Crippen molar-refractivity contribution in [2.24, 2.45) is 0 Å². The fourth-order valence-electron chi connectivity index (χ4n) is 1.72. The second kappa shape index (κ2) is 4.18. The van der Waals surface area contributed by atoms with Gasteiger partial charge in [0.25, 0.3) is 0 Å². The molecule has 0 spiro atoms. The third-order valence-corrected chi connectivity index (χ3v) is 3.27. The van der Waals surface area contributed by atoms with E-state index in [2.05, 4.69) is 20.2 Å². The molecule has 0 aliphatic heterocycles. The highest BCUT2D eigenvalue weighted by Gasteiger charge is 2.09. The van der Waals surface area contributed by atoms with Crippen molar-refractivity contribution in [3.05, 3.63) is 36.7 Å². The zero-order valence-corrected chi connectivity index (χ0v) is 10.0. The van der Waals surface area contributed by atoms with E-state index in [0.717, 1.165) is 22.4 Å². The zero-order valence-electron chi connectivity index (χ0n) is 9.21. The number of aromatic amines is 1. The molecule has 0 saturated heterocycles. The van der Waals surface area contributed by atoms with Crippen LogP contribution in [0.5, 0.6) is 0 Å². The number of rotatable bonds is 2. The first-order valence-electron chi connectivity index (χ1n) is 5.18. The minimum absolute atomic E-state index is 0.791. The summed E-state index contributed by atoms with van der Waals surface area (Å²) in [4.78, 5) is 9.75. The van der Waals surface area contributed by atoms with E-state index in [4.69, 9.17) is 0 Å². The summed E-state index contributed by atoms with van der Waals surface area (Å²) in [6.45, 7) is 0. The van der Waals surface area contributed by atoms with E-state index in [1.165, 1.54) is 4.90 Å². The molecule has 4 nitrogen and oxygen atoms in total. The molecule has 3 rings (SSSR count). The van der Waals surface area contributed by atoms with Gasteiger partial charge < -0.3 is 0 Å². The third-order valence-electron chi connectivity index (χ3n) is 2.55. The monoisotopic (exact) mass is 242 g/mol. The molecular formula is C12H10N4S. The van der Waals surface area contributed by atoms with Crippen LogP contribution in [0.3, 0.4) is 0 Å². The standard InChI is InChI=1S/C12H10N4S/c1-17-8-4-6-13-10(7-8)11-9-3-2-5-14-12(9)16-15-11/h2-7H,1H3,(H,14,15,16). The number of pyridine rings is 2. The number of thioether (sulfide) groups is 1. The summed E-state index contributed by atoms with van der Waals surface area (Å²) in [7, 11) is 0. The maximum absolute atomic E-state index is 4.36. The fourth-order valence-corrected chi connectivity index (χ4v) is 2.14. The summed E-state index contributed by atoms with van der Waals surface area (Å²) in [5.74, 6) is 0. The molecule has 0 bridgehead atoms. The SMILES string of the molecule is CSc1ccnc(-c2n[nH]c3ncccc23)c1. The molecule has 84 valence electrons. The Balaban J connectivity index is 2.20. The number of hydrogen-bond acceptors (Lipinski definition) is 4. The predicted octanol–water partition coefficient (Wildman–Crippen LogP) is 2.74. The van der Waals surface area contributed by atoms with Gasteiger partial charge in [0, 0.05) is 22.7 Å². The molecule has 0 aliphatic carbocycles. The van der Waals surface area contributed by atoms with Gasteiger partial charge in [-0.3, -0.25) is 10.1 Å². The topological polar surface area (TPSA) is 54.5 Å². The van der Waals surface area contributed by atoms with Crippen LogP contribution in [0.25, 0.3) is 22.4 Å².